The number of carbonyl (C=O) groups is 1. The second kappa shape index (κ2) is 7.21. The number of nitriles is 1. The summed E-state index contributed by atoms with van der Waals surface area (Å²) >= 11 is -1.19. The zero-order chi connectivity index (χ0) is 20.8. The molecule has 0 unspecified atom stereocenters. The molecule has 2 N–H and O–H groups in total. The Morgan fingerprint density at radius 1 is 1.34 bits per heavy atom. The van der Waals surface area contributed by atoms with E-state index in [-0.39, 0.29) is 8.13 Å². The van der Waals surface area contributed by atoms with Gasteiger partial charge in [-0.3, -0.25) is 0 Å². The summed E-state index contributed by atoms with van der Waals surface area (Å²) in [6, 6.07) is 14.1. The molecule has 8 nitrogen and oxygen atoms in total. The zero-order valence-corrected chi connectivity index (χ0v) is 18.8. The van der Waals surface area contributed by atoms with Crippen molar-refractivity contribution in [3.8, 4) is 11.1 Å². The van der Waals surface area contributed by atoms with Crippen LogP contribution in [0.25, 0.3) is 5.00 Å². The Morgan fingerprint density at radius 3 is 2.69 bits per heavy atom. The van der Waals surface area contributed by atoms with Crippen LogP contribution in [0.3, 0.4) is 0 Å². The topological polar surface area (TPSA) is 125 Å². The molecule has 2 atom stereocenters. The maximum atomic E-state index is 13.0. The summed E-state index contributed by atoms with van der Waals surface area (Å²) in [5.41, 5.74) is 1.20. The number of nitrogens with zero attached hydrogens (tertiary/aromatic N) is 3. The van der Waals surface area contributed by atoms with Gasteiger partial charge in [0, 0.05) is 0 Å². The summed E-state index contributed by atoms with van der Waals surface area (Å²) in [5.74, 6) is -1.13. The van der Waals surface area contributed by atoms with Gasteiger partial charge in [-0.2, -0.15) is 0 Å². The summed E-state index contributed by atoms with van der Waals surface area (Å²) in [6.45, 7) is 0. The number of aliphatic carboxylic acids is 1. The molecule has 0 spiro atoms. The second-order valence-electron chi connectivity index (χ2n) is 6.29. The fourth-order valence-corrected chi connectivity index (χ4v) is 14.3. The minimum atomic E-state index is -4.04. The molecule has 3 aromatic rings. The Hall–Kier alpha value is -2.27. The van der Waals surface area contributed by atoms with Crippen molar-refractivity contribution in [2.24, 2.45) is 0 Å². The summed E-state index contributed by atoms with van der Waals surface area (Å²) in [5, 5.41) is 23.4. The van der Waals surface area contributed by atoms with Gasteiger partial charge in [0.15, 0.2) is 0 Å². The fraction of sp³-hybridized carbons (Fsp3) is 0.167. The van der Waals surface area contributed by atoms with E-state index in [0.29, 0.717) is 10.6 Å². The number of carboxylic acids is 1. The van der Waals surface area contributed by atoms with Gasteiger partial charge in [0.2, 0.25) is 0 Å². The number of alkyl halides is 3. The summed E-state index contributed by atoms with van der Waals surface area (Å²) in [6.07, 6.45) is 2.88. The molecule has 11 heteroatoms. The Kier molecular flexibility index (Phi) is 4.97. The van der Waals surface area contributed by atoms with E-state index >= 15 is 0 Å². The van der Waals surface area contributed by atoms with E-state index in [0.717, 1.165) is 16.9 Å². The molecule has 1 aliphatic rings. The molecule has 0 aliphatic carbocycles. The normalized spacial score (nSPS) is 22.2. The quantitative estimate of drug-likeness (QED) is 0.281. The molecule has 1 saturated heterocycles. The molecule has 2 aromatic heterocycles. The van der Waals surface area contributed by atoms with Crippen LogP contribution >= 0.6 is 31.2 Å². The minimum absolute atomic E-state index is 0.00474. The molecule has 3 heterocycles. The molecule has 29 heavy (non-hydrogen) atoms. The van der Waals surface area contributed by atoms with Crippen LogP contribution in [-0.2, 0) is 14.8 Å². The number of carboxylic acid groups (broad SMARTS) is 1. The third-order valence-corrected chi connectivity index (χ3v) is 14.8. The van der Waals surface area contributed by atoms with E-state index in [1.54, 1.807) is 6.07 Å². The standard InChI is InChI=1S/C18H15IN4O4S2/c1-19-16(13-5-3-2-4-6-13)18(19,17(24)25)22-29(26,27)15-8-7-14(28-15)23-11-12(9-20)10-21-23/h2-8,10-11,16,22H,1H3,(H,24,25)/t16-,18+/m1/s1. The third-order valence-electron chi connectivity index (χ3n) is 4.55. The molecule has 4 rings (SSSR count). The third kappa shape index (κ3) is 3.35. The molecule has 1 aliphatic heterocycles. The second-order valence-corrected chi connectivity index (χ2v) is 15.2. The number of halogens is 1. The van der Waals surface area contributed by atoms with Gasteiger partial charge in [-0.05, 0) is 0 Å². The Bertz CT molecular complexity index is 1230. The number of thiophene rings is 1. The van der Waals surface area contributed by atoms with Crippen molar-refractivity contribution in [2.75, 3.05) is 4.93 Å². The van der Waals surface area contributed by atoms with Crippen molar-refractivity contribution in [3.05, 3.63) is 66.0 Å². The Morgan fingerprint density at radius 2 is 2.07 bits per heavy atom. The molecular formula is C18H15IN4O4S2. The van der Waals surface area contributed by atoms with Crippen LogP contribution in [0.1, 0.15) is 15.1 Å². The molecule has 1 aromatic carbocycles. The number of rotatable bonds is 6. The van der Waals surface area contributed by atoms with Gasteiger partial charge in [0.25, 0.3) is 0 Å². The van der Waals surface area contributed by atoms with Gasteiger partial charge in [-0.15, -0.1) is 0 Å². The van der Waals surface area contributed by atoms with Gasteiger partial charge in [0.05, 0.1) is 0 Å². The van der Waals surface area contributed by atoms with E-state index in [1.165, 1.54) is 23.1 Å². The van der Waals surface area contributed by atoms with Crippen molar-refractivity contribution >= 4 is 47.1 Å². The van der Waals surface area contributed by atoms with Crippen molar-refractivity contribution in [3.63, 3.8) is 0 Å². The van der Waals surface area contributed by atoms with Gasteiger partial charge in [0.1, 0.15) is 0 Å². The number of aromatic nitrogens is 2. The average molecular weight is 542 g/mol. The van der Waals surface area contributed by atoms with Crippen LogP contribution in [0.4, 0.5) is 0 Å². The Balaban J connectivity index is 1.64. The Labute approximate surface area is 178 Å². The fourth-order valence-electron chi connectivity index (χ4n) is 3.10. The van der Waals surface area contributed by atoms with Crippen molar-refractivity contribution < 1.29 is 18.3 Å². The maximum absolute atomic E-state index is 13.0. The number of hydrogen-bond acceptors (Lipinski definition) is 6. The van der Waals surface area contributed by atoms with E-state index in [2.05, 4.69) is 9.82 Å². The number of benzene rings is 1. The molecule has 0 saturated carbocycles. The van der Waals surface area contributed by atoms with Crippen LogP contribution in [0.5, 0.6) is 0 Å². The van der Waals surface area contributed by atoms with Crippen LogP contribution in [-0.4, -0.2) is 37.8 Å². The molecule has 0 amide bonds. The summed E-state index contributed by atoms with van der Waals surface area (Å²) in [4.78, 5) is 14.0. The van der Waals surface area contributed by atoms with E-state index in [9.17, 15) is 18.3 Å². The first kappa shape index (κ1) is 20.0. The predicted octanol–water partition coefficient (Wildman–Crippen LogP) is 2.76. The number of hydrogen-bond donors (Lipinski definition) is 2. The average Bonchev–Trinajstić information content (AvgIpc) is 3.13. The first-order valence-corrected chi connectivity index (χ1v) is 15.0. The SMILES string of the molecule is CI1[C@H](c2ccccc2)[C@]1(NS(=O)(=O)c1ccc(-n2cc(C#N)cn2)s1)C(=O)O. The van der Waals surface area contributed by atoms with Crippen molar-refractivity contribution in [2.45, 2.75) is 11.7 Å². The van der Waals surface area contributed by atoms with Crippen LogP contribution in [0.15, 0.2) is 59.1 Å². The monoisotopic (exact) mass is 542 g/mol. The first-order valence-electron chi connectivity index (χ1n) is 8.25. The van der Waals surface area contributed by atoms with Gasteiger partial charge in [-0.25, -0.2) is 0 Å². The van der Waals surface area contributed by atoms with Gasteiger partial charge < -0.3 is 0 Å². The van der Waals surface area contributed by atoms with E-state index in [1.807, 2.05) is 41.3 Å². The van der Waals surface area contributed by atoms with Crippen molar-refractivity contribution in [1.29, 1.82) is 5.26 Å². The van der Waals surface area contributed by atoms with Crippen LogP contribution in [0, 0.1) is 11.3 Å². The molecule has 0 bridgehead atoms. The van der Waals surface area contributed by atoms with Crippen LogP contribution in [0.2, 0.25) is 0 Å². The predicted molar refractivity (Wildman–Crippen MR) is 116 cm³/mol. The summed E-state index contributed by atoms with van der Waals surface area (Å²) in [7, 11) is -4.04. The van der Waals surface area contributed by atoms with Crippen LogP contribution < -0.4 is 4.72 Å². The van der Waals surface area contributed by atoms with E-state index < -0.39 is 39.4 Å². The molecular weight excluding hydrogens is 527 g/mol. The van der Waals surface area contributed by atoms with E-state index in [4.69, 9.17) is 5.26 Å². The first-order chi connectivity index (χ1) is 13.8. The number of sulfonamides is 1. The summed E-state index contributed by atoms with van der Waals surface area (Å²) < 4.78 is 28.2. The molecule has 150 valence electrons. The molecule has 1 fully saturated rings. The van der Waals surface area contributed by atoms with Gasteiger partial charge in [-0.1, -0.05) is 0 Å². The zero-order valence-electron chi connectivity index (χ0n) is 15.0. The van der Waals surface area contributed by atoms with Crippen molar-refractivity contribution in [1.82, 2.24) is 14.5 Å². The van der Waals surface area contributed by atoms with Gasteiger partial charge >= 0.3 is 179 Å². The number of nitrogens with one attached hydrogen (secondary N) is 1. The molecule has 0 radical (unpaired) electrons.